The van der Waals surface area contributed by atoms with Crippen molar-refractivity contribution in [3.05, 3.63) is 38.9 Å². The number of aryl methyl sites for hydroxylation is 1. The first-order valence-electron chi connectivity index (χ1n) is 6.74. The number of sulfonamides is 1. The first kappa shape index (κ1) is 16.6. The smallest absolute Gasteiger partial charge is 0.250 e. The molecule has 0 bridgehead atoms. The average molecular weight is 345 g/mol. The molecular formula is C14H20N2O2S3. The molecule has 0 saturated carbocycles. The molecule has 0 aromatic carbocycles. The zero-order valence-corrected chi connectivity index (χ0v) is 14.8. The number of rotatable bonds is 7. The monoisotopic (exact) mass is 344 g/mol. The quantitative estimate of drug-likeness (QED) is 0.812. The van der Waals surface area contributed by atoms with Crippen LogP contribution in [0.15, 0.2) is 28.5 Å². The molecule has 0 saturated heterocycles. The van der Waals surface area contributed by atoms with Crippen molar-refractivity contribution in [2.24, 2.45) is 0 Å². The number of hydrogen-bond acceptors (Lipinski definition) is 5. The van der Waals surface area contributed by atoms with Gasteiger partial charge in [0, 0.05) is 14.6 Å². The molecule has 21 heavy (non-hydrogen) atoms. The predicted molar refractivity (Wildman–Crippen MR) is 89.7 cm³/mol. The lowest BCUT2D eigenvalue weighted by atomic mass is 10.3. The van der Waals surface area contributed by atoms with E-state index in [1.54, 1.807) is 17.4 Å². The Bertz CT molecular complexity index is 689. The van der Waals surface area contributed by atoms with Crippen LogP contribution in [0.4, 0.5) is 0 Å². The number of hydrogen-bond donors (Lipinski definition) is 2. The highest BCUT2D eigenvalue weighted by atomic mass is 32.2. The Labute approximate surface area is 134 Å². The maximum atomic E-state index is 12.4. The summed E-state index contributed by atoms with van der Waals surface area (Å²) in [4.78, 5) is 3.29. The van der Waals surface area contributed by atoms with Crippen molar-refractivity contribution in [1.29, 1.82) is 0 Å². The molecule has 1 atom stereocenters. The maximum Gasteiger partial charge on any atom is 0.250 e. The van der Waals surface area contributed by atoms with E-state index in [0.29, 0.717) is 4.21 Å². The zero-order valence-electron chi connectivity index (χ0n) is 12.3. The van der Waals surface area contributed by atoms with Crippen molar-refractivity contribution in [3.63, 3.8) is 0 Å². The fourth-order valence-corrected chi connectivity index (χ4v) is 5.47. The van der Waals surface area contributed by atoms with Gasteiger partial charge >= 0.3 is 0 Å². The molecule has 0 aliphatic rings. The minimum absolute atomic E-state index is 0.212. The summed E-state index contributed by atoms with van der Waals surface area (Å²) in [6.07, 6.45) is 0.844. The summed E-state index contributed by atoms with van der Waals surface area (Å²) in [6, 6.07) is 7.34. The molecule has 0 aliphatic carbocycles. The fraction of sp³-hybridized carbons (Fsp3) is 0.429. The summed E-state index contributed by atoms with van der Waals surface area (Å²) < 4.78 is 27.9. The second-order valence-corrected chi connectivity index (χ2v) is 9.29. The van der Waals surface area contributed by atoms with Crippen molar-refractivity contribution >= 4 is 32.7 Å². The first-order valence-corrected chi connectivity index (χ1v) is 9.86. The summed E-state index contributed by atoms with van der Waals surface area (Å²) in [7, 11) is -1.56. The van der Waals surface area contributed by atoms with E-state index in [2.05, 4.69) is 10.0 Å². The van der Waals surface area contributed by atoms with Gasteiger partial charge in [-0.25, -0.2) is 13.1 Å². The molecule has 2 N–H and O–H groups in total. The topological polar surface area (TPSA) is 58.2 Å². The Balaban J connectivity index is 2.09. The highest BCUT2D eigenvalue weighted by molar-refractivity contribution is 7.91. The van der Waals surface area contributed by atoms with E-state index in [-0.39, 0.29) is 6.04 Å². The van der Waals surface area contributed by atoms with Crippen LogP contribution in [0.2, 0.25) is 0 Å². The van der Waals surface area contributed by atoms with Gasteiger partial charge in [0.25, 0.3) is 10.0 Å². The van der Waals surface area contributed by atoms with Gasteiger partial charge in [0.05, 0.1) is 6.04 Å². The Hall–Kier alpha value is -0.730. The van der Waals surface area contributed by atoms with E-state index < -0.39 is 10.0 Å². The highest BCUT2D eigenvalue weighted by Crippen LogP contribution is 2.26. The van der Waals surface area contributed by atoms with Crippen LogP contribution in [0.1, 0.15) is 27.6 Å². The van der Waals surface area contributed by atoms with Gasteiger partial charge in [-0.2, -0.15) is 0 Å². The van der Waals surface area contributed by atoms with E-state index in [1.807, 2.05) is 39.1 Å². The van der Waals surface area contributed by atoms with Crippen molar-refractivity contribution in [1.82, 2.24) is 10.0 Å². The third-order valence-corrected chi connectivity index (χ3v) is 7.40. The van der Waals surface area contributed by atoms with Crippen LogP contribution >= 0.6 is 22.7 Å². The fourth-order valence-electron chi connectivity index (χ4n) is 1.92. The Morgan fingerprint density at radius 3 is 2.57 bits per heavy atom. The van der Waals surface area contributed by atoms with E-state index in [0.717, 1.165) is 22.7 Å². The standard InChI is InChI=1S/C14H20N2O2S3/c1-10-4-6-13(19-10)11(2)16-21(17,18)14-7-5-12(20-14)8-9-15-3/h4-7,11,15-16H,8-9H2,1-3H3. The molecule has 1 unspecified atom stereocenters. The molecule has 0 amide bonds. The van der Waals surface area contributed by atoms with Crippen LogP contribution in [-0.2, 0) is 16.4 Å². The van der Waals surface area contributed by atoms with Gasteiger partial charge in [0.2, 0.25) is 0 Å². The molecule has 0 aliphatic heterocycles. The summed E-state index contributed by atoms with van der Waals surface area (Å²) in [5.41, 5.74) is 0. The van der Waals surface area contributed by atoms with Crippen LogP contribution in [0.25, 0.3) is 0 Å². The highest BCUT2D eigenvalue weighted by Gasteiger charge is 2.21. The second-order valence-electron chi connectivity index (χ2n) is 4.87. The van der Waals surface area contributed by atoms with Gasteiger partial charge in [-0.05, 0) is 58.1 Å². The molecule has 4 nitrogen and oxygen atoms in total. The van der Waals surface area contributed by atoms with E-state index in [9.17, 15) is 8.42 Å². The van der Waals surface area contributed by atoms with E-state index >= 15 is 0 Å². The second kappa shape index (κ2) is 7.02. The lowest BCUT2D eigenvalue weighted by Crippen LogP contribution is -2.25. The van der Waals surface area contributed by atoms with Crippen LogP contribution in [0.5, 0.6) is 0 Å². The van der Waals surface area contributed by atoms with E-state index in [4.69, 9.17) is 0 Å². The van der Waals surface area contributed by atoms with Gasteiger partial charge in [0.1, 0.15) is 4.21 Å². The summed E-state index contributed by atoms with van der Waals surface area (Å²) in [6.45, 7) is 4.74. The first-order chi connectivity index (χ1) is 9.92. The largest absolute Gasteiger partial charge is 0.319 e. The molecule has 116 valence electrons. The molecule has 2 heterocycles. The van der Waals surface area contributed by atoms with Crippen LogP contribution in [0, 0.1) is 6.92 Å². The molecule has 7 heteroatoms. The van der Waals surface area contributed by atoms with Gasteiger partial charge < -0.3 is 5.32 Å². The third-order valence-electron chi connectivity index (χ3n) is 3.04. The van der Waals surface area contributed by atoms with Crippen molar-refractivity contribution in [2.75, 3.05) is 13.6 Å². The Morgan fingerprint density at radius 1 is 1.19 bits per heavy atom. The summed E-state index contributed by atoms with van der Waals surface area (Å²) >= 11 is 2.95. The zero-order chi connectivity index (χ0) is 15.5. The molecule has 2 aromatic rings. The van der Waals surface area contributed by atoms with Crippen molar-refractivity contribution in [3.8, 4) is 0 Å². The van der Waals surface area contributed by atoms with Gasteiger partial charge in [-0.15, -0.1) is 22.7 Å². The molecule has 0 spiro atoms. The Morgan fingerprint density at radius 2 is 1.95 bits per heavy atom. The van der Waals surface area contributed by atoms with Crippen molar-refractivity contribution < 1.29 is 8.42 Å². The lowest BCUT2D eigenvalue weighted by molar-refractivity contribution is 0.570. The summed E-state index contributed by atoms with van der Waals surface area (Å²) in [5.74, 6) is 0. The average Bonchev–Trinajstić information content (AvgIpc) is 3.05. The lowest BCUT2D eigenvalue weighted by Gasteiger charge is -2.11. The van der Waals surface area contributed by atoms with E-state index in [1.165, 1.54) is 16.2 Å². The number of likely N-dealkylation sites (N-methyl/N-ethyl adjacent to an activating group) is 1. The van der Waals surface area contributed by atoms with Gasteiger partial charge in [0.15, 0.2) is 0 Å². The van der Waals surface area contributed by atoms with Gasteiger partial charge in [-0.1, -0.05) is 0 Å². The minimum atomic E-state index is -3.45. The molecule has 0 fully saturated rings. The van der Waals surface area contributed by atoms with Gasteiger partial charge in [-0.3, -0.25) is 0 Å². The summed E-state index contributed by atoms with van der Waals surface area (Å²) in [5, 5.41) is 3.06. The van der Waals surface area contributed by atoms with Crippen LogP contribution in [-0.4, -0.2) is 22.0 Å². The SMILES string of the molecule is CNCCc1ccc(S(=O)(=O)NC(C)c2ccc(C)s2)s1. The molecular weight excluding hydrogens is 324 g/mol. The maximum absolute atomic E-state index is 12.4. The van der Waals surface area contributed by atoms with Crippen LogP contribution < -0.4 is 10.0 Å². The molecule has 2 aromatic heterocycles. The normalized spacial score (nSPS) is 13.5. The number of thiophene rings is 2. The molecule has 2 rings (SSSR count). The molecule has 0 radical (unpaired) electrons. The van der Waals surface area contributed by atoms with Crippen molar-refractivity contribution in [2.45, 2.75) is 30.5 Å². The predicted octanol–water partition coefficient (Wildman–Crippen LogP) is 2.92. The van der Waals surface area contributed by atoms with Crippen LogP contribution in [0.3, 0.4) is 0 Å². The minimum Gasteiger partial charge on any atom is -0.319 e. The Kier molecular flexibility index (Phi) is 5.56. The third kappa shape index (κ3) is 4.37. The number of nitrogens with one attached hydrogen (secondary N) is 2.